The molecular weight excluding hydrogens is 306 g/mol. The standard InChI is InChI=1S/C17H21N5O2/c1-20-9-6-13(19-20)17(24)21-7-2-4-12(11-21)14-10-16(23)18-15-5-3-8-22(14)15/h6,9-10,12H,2-5,7-8,11H2,1H3/t12-/m0/s1. The van der Waals surface area contributed by atoms with Crippen LogP contribution in [0, 0.1) is 0 Å². The number of rotatable bonds is 2. The summed E-state index contributed by atoms with van der Waals surface area (Å²) in [5.74, 6) is 1.06. The predicted molar refractivity (Wildman–Crippen MR) is 87.9 cm³/mol. The summed E-state index contributed by atoms with van der Waals surface area (Å²) in [6, 6.07) is 3.41. The smallest absolute Gasteiger partial charge is 0.274 e. The molecular formula is C17H21N5O2. The molecule has 0 aromatic carbocycles. The first kappa shape index (κ1) is 15.1. The molecule has 2 aliphatic rings. The summed E-state index contributed by atoms with van der Waals surface area (Å²) in [5.41, 5.74) is 1.36. The van der Waals surface area contributed by atoms with Gasteiger partial charge in [0.25, 0.3) is 11.5 Å². The number of likely N-dealkylation sites (tertiary alicyclic amines) is 1. The van der Waals surface area contributed by atoms with E-state index in [-0.39, 0.29) is 17.4 Å². The van der Waals surface area contributed by atoms with E-state index in [1.807, 2.05) is 11.9 Å². The van der Waals surface area contributed by atoms with Crippen molar-refractivity contribution in [2.75, 3.05) is 13.1 Å². The Morgan fingerprint density at radius 2 is 2.17 bits per heavy atom. The lowest BCUT2D eigenvalue weighted by Crippen LogP contribution is -2.40. The van der Waals surface area contributed by atoms with E-state index in [2.05, 4.69) is 14.6 Å². The molecule has 24 heavy (non-hydrogen) atoms. The number of fused-ring (bicyclic) bond motifs is 1. The van der Waals surface area contributed by atoms with E-state index < -0.39 is 0 Å². The van der Waals surface area contributed by atoms with Gasteiger partial charge in [0.15, 0.2) is 0 Å². The number of carbonyl (C=O) groups is 1. The van der Waals surface area contributed by atoms with Gasteiger partial charge in [0.05, 0.1) is 0 Å². The summed E-state index contributed by atoms with van der Waals surface area (Å²) < 4.78 is 3.82. The number of aryl methyl sites for hydroxylation is 2. The maximum atomic E-state index is 12.7. The van der Waals surface area contributed by atoms with Crippen LogP contribution in [-0.4, -0.2) is 43.2 Å². The van der Waals surface area contributed by atoms with Crippen LogP contribution >= 0.6 is 0 Å². The van der Waals surface area contributed by atoms with E-state index in [0.29, 0.717) is 12.2 Å². The fourth-order valence-electron chi connectivity index (χ4n) is 3.85. The molecule has 0 spiro atoms. The highest BCUT2D eigenvalue weighted by molar-refractivity contribution is 5.92. The maximum Gasteiger partial charge on any atom is 0.274 e. The van der Waals surface area contributed by atoms with Gasteiger partial charge < -0.3 is 9.47 Å². The number of carbonyl (C=O) groups excluding carboxylic acids is 1. The molecule has 1 fully saturated rings. The number of aromatic nitrogens is 4. The molecule has 0 saturated carbocycles. The predicted octanol–water partition coefficient (Wildman–Crippen LogP) is 0.943. The molecule has 0 bridgehead atoms. The van der Waals surface area contributed by atoms with Gasteiger partial charge in [0.2, 0.25) is 0 Å². The van der Waals surface area contributed by atoms with Crippen LogP contribution in [0.1, 0.15) is 47.2 Å². The number of hydrogen-bond acceptors (Lipinski definition) is 4. The minimum Gasteiger partial charge on any atom is -0.337 e. The second-order valence-electron chi connectivity index (χ2n) is 6.66. The number of hydrogen-bond donors (Lipinski definition) is 0. The van der Waals surface area contributed by atoms with Gasteiger partial charge in [-0.15, -0.1) is 0 Å². The van der Waals surface area contributed by atoms with E-state index >= 15 is 0 Å². The Balaban J connectivity index is 1.60. The van der Waals surface area contributed by atoms with Gasteiger partial charge in [-0.1, -0.05) is 0 Å². The molecule has 0 radical (unpaired) electrons. The normalized spacial score (nSPS) is 20.2. The molecule has 4 rings (SSSR count). The molecule has 0 aliphatic carbocycles. The van der Waals surface area contributed by atoms with E-state index in [4.69, 9.17) is 0 Å². The first-order valence-electron chi connectivity index (χ1n) is 8.51. The first-order valence-corrected chi connectivity index (χ1v) is 8.51. The number of nitrogens with zero attached hydrogens (tertiary/aromatic N) is 5. The van der Waals surface area contributed by atoms with Gasteiger partial charge in [0.1, 0.15) is 11.5 Å². The molecule has 2 aromatic rings. The van der Waals surface area contributed by atoms with Gasteiger partial charge >= 0.3 is 0 Å². The van der Waals surface area contributed by atoms with Crippen molar-refractivity contribution in [2.24, 2.45) is 7.05 Å². The van der Waals surface area contributed by atoms with Crippen LogP contribution in [0.4, 0.5) is 0 Å². The molecule has 4 heterocycles. The van der Waals surface area contributed by atoms with Gasteiger partial charge in [-0.05, 0) is 25.3 Å². The Kier molecular flexibility index (Phi) is 3.70. The zero-order valence-corrected chi connectivity index (χ0v) is 13.8. The van der Waals surface area contributed by atoms with Crippen LogP contribution in [0.2, 0.25) is 0 Å². The summed E-state index contributed by atoms with van der Waals surface area (Å²) in [4.78, 5) is 30.6. The molecule has 1 amide bonds. The Morgan fingerprint density at radius 1 is 1.29 bits per heavy atom. The lowest BCUT2D eigenvalue weighted by molar-refractivity contribution is 0.0697. The van der Waals surface area contributed by atoms with Gasteiger partial charge in [-0.25, -0.2) is 0 Å². The molecule has 0 N–H and O–H groups in total. The topological polar surface area (TPSA) is 73.0 Å². The fourth-order valence-corrected chi connectivity index (χ4v) is 3.85. The van der Waals surface area contributed by atoms with Crippen molar-refractivity contribution >= 4 is 5.91 Å². The molecule has 126 valence electrons. The zero-order valence-electron chi connectivity index (χ0n) is 13.8. The highest BCUT2D eigenvalue weighted by atomic mass is 16.2. The van der Waals surface area contributed by atoms with Crippen LogP contribution in [-0.2, 0) is 20.0 Å². The largest absolute Gasteiger partial charge is 0.337 e. The minimum absolute atomic E-state index is 0.0293. The van der Waals surface area contributed by atoms with E-state index in [0.717, 1.165) is 50.3 Å². The lowest BCUT2D eigenvalue weighted by Gasteiger charge is -2.33. The Hall–Kier alpha value is -2.44. The lowest BCUT2D eigenvalue weighted by atomic mass is 9.94. The van der Waals surface area contributed by atoms with Gasteiger partial charge in [-0.3, -0.25) is 14.3 Å². The summed E-state index contributed by atoms with van der Waals surface area (Å²) >= 11 is 0. The summed E-state index contributed by atoms with van der Waals surface area (Å²) in [5, 5.41) is 4.22. The van der Waals surface area contributed by atoms with E-state index in [1.165, 1.54) is 0 Å². The van der Waals surface area contributed by atoms with Crippen molar-refractivity contribution in [2.45, 2.75) is 38.1 Å². The highest BCUT2D eigenvalue weighted by Gasteiger charge is 2.29. The van der Waals surface area contributed by atoms with Crippen LogP contribution in [0.3, 0.4) is 0 Å². The SMILES string of the molecule is Cn1ccc(C(=O)N2CCC[C@H](c3cc(=O)nc4n3CCC4)C2)n1. The Bertz CT molecular complexity index is 838. The Morgan fingerprint density at radius 3 is 2.96 bits per heavy atom. The monoisotopic (exact) mass is 327 g/mol. The van der Waals surface area contributed by atoms with Crippen LogP contribution < -0.4 is 5.56 Å². The molecule has 1 saturated heterocycles. The minimum atomic E-state index is -0.161. The van der Waals surface area contributed by atoms with Crippen LogP contribution in [0.25, 0.3) is 0 Å². The average molecular weight is 327 g/mol. The van der Waals surface area contributed by atoms with E-state index in [1.54, 1.807) is 23.0 Å². The Labute approximate surface area is 139 Å². The summed E-state index contributed by atoms with van der Waals surface area (Å²) in [7, 11) is 1.81. The van der Waals surface area contributed by atoms with Crippen LogP contribution in [0.15, 0.2) is 23.1 Å². The number of piperidine rings is 1. The third kappa shape index (κ3) is 2.64. The molecule has 2 aliphatic heterocycles. The highest BCUT2D eigenvalue weighted by Crippen LogP contribution is 2.29. The van der Waals surface area contributed by atoms with Crippen molar-refractivity contribution in [1.82, 2.24) is 24.2 Å². The second kappa shape index (κ2) is 5.89. The van der Waals surface area contributed by atoms with Gasteiger partial charge in [-0.2, -0.15) is 10.1 Å². The quantitative estimate of drug-likeness (QED) is 0.823. The summed E-state index contributed by atoms with van der Waals surface area (Å²) in [6.07, 6.45) is 5.62. The molecule has 7 heteroatoms. The zero-order chi connectivity index (χ0) is 16.7. The van der Waals surface area contributed by atoms with Crippen molar-refractivity contribution in [1.29, 1.82) is 0 Å². The molecule has 7 nitrogen and oxygen atoms in total. The summed E-state index contributed by atoms with van der Waals surface area (Å²) in [6.45, 7) is 2.30. The van der Waals surface area contributed by atoms with Crippen molar-refractivity contribution in [3.63, 3.8) is 0 Å². The maximum absolute atomic E-state index is 12.7. The third-order valence-electron chi connectivity index (χ3n) is 4.98. The van der Waals surface area contributed by atoms with Crippen LogP contribution in [0.5, 0.6) is 0 Å². The molecule has 2 aromatic heterocycles. The van der Waals surface area contributed by atoms with Crippen molar-refractivity contribution in [3.8, 4) is 0 Å². The fraction of sp³-hybridized carbons (Fsp3) is 0.529. The average Bonchev–Trinajstić information content (AvgIpc) is 3.22. The second-order valence-corrected chi connectivity index (χ2v) is 6.66. The van der Waals surface area contributed by atoms with Crippen molar-refractivity contribution in [3.05, 3.63) is 45.9 Å². The van der Waals surface area contributed by atoms with Gasteiger partial charge in [0, 0.05) is 57.0 Å². The first-order chi connectivity index (χ1) is 11.6. The van der Waals surface area contributed by atoms with Crippen molar-refractivity contribution < 1.29 is 4.79 Å². The number of amides is 1. The molecule has 1 atom stereocenters. The molecule has 0 unspecified atom stereocenters. The third-order valence-corrected chi connectivity index (χ3v) is 4.98. The van der Waals surface area contributed by atoms with E-state index in [9.17, 15) is 9.59 Å².